The number of pyridine rings is 1. The molecule has 8 heteroatoms. The van der Waals surface area contributed by atoms with Gasteiger partial charge in [-0.25, -0.2) is 19.4 Å². The number of carbonyl (C=O) groups is 3. The number of aromatic carboxylic acids is 2. The van der Waals surface area contributed by atoms with Crippen LogP contribution in [0.2, 0.25) is 0 Å². The third-order valence-corrected chi connectivity index (χ3v) is 8.98. The maximum absolute atomic E-state index is 12.3. The lowest BCUT2D eigenvalue weighted by atomic mass is 9.44. The van der Waals surface area contributed by atoms with Gasteiger partial charge in [0.25, 0.3) is 0 Å². The molecule has 3 N–H and O–H groups in total. The molecule has 0 aromatic carbocycles. The highest BCUT2D eigenvalue weighted by Gasteiger charge is 2.62. The molecule has 3 aliphatic rings. The Morgan fingerprint density at radius 1 is 0.970 bits per heavy atom. The summed E-state index contributed by atoms with van der Waals surface area (Å²) in [7, 11) is 0. The number of nitrogens with zero attached hydrogens (tertiary/aromatic N) is 1. The number of rotatable bonds is 4. The molecule has 1 aliphatic heterocycles. The second-order valence-corrected chi connectivity index (χ2v) is 11.3. The van der Waals surface area contributed by atoms with Gasteiger partial charge in [-0.05, 0) is 73.3 Å². The Labute approximate surface area is 193 Å². The minimum Gasteiger partial charge on any atom is -0.479 e. The van der Waals surface area contributed by atoms with E-state index in [9.17, 15) is 29.7 Å². The van der Waals surface area contributed by atoms with Gasteiger partial charge in [-0.1, -0.05) is 33.3 Å². The lowest BCUT2D eigenvalue weighted by Crippen LogP contribution is -2.63. The number of carboxylic acids is 3. The van der Waals surface area contributed by atoms with Crippen LogP contribution in [-0.4, -0.2) is 49.9 Å². The van der Waals surface area contributed by atoms with Crippen molar-refractivity contribution in [1.29, 1.82) is 0 Å². The molecule has 2 saturated carbocycles. The maximum atomic E-state index is 12.3. The predicted molar refractivity (Wildman–Crippen MR) is 118 cm³/mol. The van der Waals surface area contributed by atoms with Gasteiger partial charge in [0.2, 0.25) is 0 Å². The van der Waals surface area contributed by atoms with Crippen LogP contribution in [-0.2, 0) is 9.53 Å². The van der Waals surface area contributed by atoms with Crippen molar-refractivity contribution < 1.29 is 34.4 Å². The van der Waals surface area contributed by atoms with Gasteiger partial charge < -0.3 is 20.1 Å². The van der Waals surface area contributed by atoms with Gasteiger partial charge in [0.05, 0.1) is 5.60 Å². The summed E-state index contributed by atoms with van der Waals surface area (Å²) in [6, 6.07) is 2.64. The van der Waals surface area contributed by atoms with Crippen LogP contribution < -0.4 is 0 Å². The fourth-order valence-electron chi connectivity index (χ4n) is 7.59. The van der Waals surface area contributed by atoms with Crippen molar-refractivity contribution in [3.8, 4) is 0 Å². The number of ether oxygens (including phenoxy) is 1. The molecule has 0 spiro atoms. The summed E-state index contributed by atoms with van der Waals surface area (Å²) in [4.78, 5) is 39.5. The minimum atomic E-state index is -1.38. The second kappa shape index (κ2) is 7.79. The SMILES string of the molecule is CC1(C)CCC[C@]2(C)C3CC(c4ccc(C(=O)O)nc4C(=O)O)C(C(=O)O)O[C@]3(C)CC[C@@H]12. The van der Waals surface area contributed by atoms with E-state index >= 15 is 0 Å². The number of carboxylic acid groups (broad SMARTS) is 3. The quantitative estimate of drug-likeness (QED) is 0.602. The van der Waals surface area contributed by atoms with Crippen LogP contribution in [0.5, 0.6) is 0 Å². The molecule has 180 valence electrons. The summed E-state index contributed by atoms with van der Waals surface area (Å²) >= 11 is 0. The van der Waals surface area contributed by atoms with Gasteiger partial charge in [0, 0.05) is 5.92 Å². The summed E-state index contributed by atoms with van der Waals surface area (Å²) in [5.41, 5.74) is -1.08. The number of aliphatic carboxylic acids is 1. The van der Waals surface area contributed by atoms with Crippen molar-refractivity contribution in [2.75, 3.05) is 0 Å². The first-order chi connectivity index (χ1) is 15.3. The van der Waals surface area contributed by atoms with E-state index in [0.29, 0.717) is 12.3 Å². The van der Waals surface area contributed by atoms with Crippen LogP contribution in [0.3, 0.4) is 0 Å². The van der Waals surface area contributed by atoms with Crippen molar-refractivity contribution in [2.24, 2.45) is 22.7 Å². The summed E-state index contributed by atoms with van der Waals surface area (Å²) < 4.78 is 6.36. The third-order valence-electron chi connectivity index (χ3n) is 8.98. The normalized spacial score (nSPS) is 37.5. The van der Waals surface area contributed by atoms with Gasteiger partial charge in [-0.3, -0.25) is 0 Å². The van der Waals surface area contributed by atoms with E-state index in [1.54, 1.807) is 0 Å². The molecule has 0 radical (unpaired) electrons. The summed E-state index contributed by atoms with van der Waals surface area (Å²) in [6.07, 6.45) is 4.25. The Bertz CT molecular complexity index is 1000. The summed E-state index contributed by atoms with van der Waals surface area (Å²) in [5.74, 6) is -4.08. The molecular weight excluding hydrogens is 426 g/mol. The third kappa shape index (κ3) is 3.72. The van der Waals surface area contributed by atoms with E-state index < -0.39 is 41.2 Å². The fraction of sp³-hybridized carbons (Fsp3) is 0.680. The van der Waals surface area contributed by atoms with Crippen molar-refractivity contribution in [3.05, 3.63) is 29.1 Å². The van der Waals surface area contributed by atoms with Crippen molar-refractivity contribution in [3.63, 3.8) is 0 Å². The Morgan fingerprint density at radius 3 is 2.27 bits per heavy atom. The molecule has 0 bridgehead atoms. The molecule has 0 amide bonds. The van der Waals surface area contributed by atoms with E-state index in [4.69, 9.17) is 4.74 Å². The molecule has 1 saturated heterocycles. The van der Waals surface area contributed by atoms with Gasteiger partial charge in [0.15, 0.2) is 11.8 Å². The first-order valence-electron chi connectivity index (χ1n) is 11.7. The Hall–Kier alpha value is -2.48. The van der Waals surface area contributed by atoms with Gasteiger partial charge >= 0.3 is 17.9 Å². The summed E-state index contributed by atoms with van der Waals surface area (Å²) in [6.45, 7) is 8.94. The molecule has 6 atom stereocenters. The number of fused-ring (bicyclic) bond motifs is 3. The molecule has 2 aliphatic carbocycles. The van der Waals surface area contributed by atoms with Crippen LogP contribution in [0, 0.1) is 22.7 Å². The second-order valence-electron chi connectivity index (χ2n) is 11.3. The molecule has 1 aromatic rings. The number of aromatic nitrogens is 1. The van der Waals surface area contributed by atoms with Crippen LogP contribution in [0.4, 0.5) is 0 Å². The summed E-state index contributed by atoms with van der Waals surface area (Å²) in [5, 5.41) is 29.1. The molecule has 8 nitrogen and oxygen atoms in total. The van der Waals surface area contributed by atoms with Crippen LogP contribution in [0.25, 0.3) is 0 Å². The maximum Gasteiger partial charge on any atom is 0.354 e. The molecule has 1 aromatic heterocycles. The lowest BCUT2D eigenvalue weighted by molar-refractivity contribution is -0.244. The van der Waals surface area contributed by atoms with Crippen molar-refractivity contribution >= 4 is 17.9 Å². The molecule has 4 rings (SSSR count). The highest BCUT2D eigenvalue weighted by molar-refractivity contribution is 5.91. The van der Waals surface area contributed by atoms with Crippen LogP contribution in [0.15, 0.2) is 12.1 Å². The minimum absolute atomic E-state index is 0.0460. The fourth-order valence-corrected chi connectivity index (χ4v) is 7.59. The molecule has 3 unspecified atom stereocenters. The van der Waals surface area contributed by atoms with Gasteiger partial charge in [0.1, 0.15) is 5.69 Å². The van der Waals surface area contributed by atoms with Crippen molar-refractivity contribution in [2.45, 2.75) is 83.8 Å². The van der Waals surface area contributed by atoms with Crippen LogP contribution >= 0.6 is 0 Å². The Morgan fingerprint density at radius 2 is 1.67 bits per heavy atom. The topological polar surface area (TPSA) is 134 Å². The standard InChI is InChI=1S/C25H33NO7/c1-23(2)9-5-10-24(3)16(23)8-11-25(4)17(24)12-14(19(33-25)22(31)32)13-6-7-15(20(27)28)26-18(13)21(29)30/h6-7,14,16-17,19H,5,8-12H2,1-4H3,(H,27,28)(H,29,30)(H,31,32)/t14?,16-,17?,19?,24-,25+/m0/s1. The number of hydrogen-bond acceptors (Lipinski definition) is 5. The average molecular weight is 460 g/mol. The monoisotopic (exact) mass is 459 g/mol. The number of hydrogen-bond donors (Lipinski definition) is 3. The molecule has 3 fully saturated rings. The molecular formula is C25H33NO7. The predicted octanol–water partition coefficient (Wildman–Crippen LogP) is 4.44. The smallest absolute Gasteiger partial charge is 0.354 e. The molecule has 33 heavy (non-hydrogen) atoms. The van der Waals surface area contributed by atoms with E-state index in [1.165, 1.54) is 12.1 Å². The zero-order valence-electron chi connectivity index (χ0n) is 19.6. The van der Waals surface area contributed by atoms with E-state index in [-0.39, 0.29) is 28.0 Å². The van der Waals surface area contributed by atoms with E-state index in [2.05, 4.69) is 25.8 Å². The Kier molecular flexibility index (Phi) is 5.59. The van der Waals surface area contributed by atoms with Crippen molar-refractivity contribution in [1.82, 2.24) is 4.98 Å². The van der Waals surface area contributed by atoms with E-state index in [0.717, 1.165) is 32.1 Å². The molecule has 2 heterocycles. The average Bonchev–Trinajstić information content (AvgIpc) is 2.71. The first-order valence-corrected chi connectivity index (χ1v) is 11.7. The largest absolute Gasteiger partial charge is 0.479 e. The first kappa shape index (κ1) is 23.7. The van der Waals surface area contributed by atoms with E-state index in [1.807, 2.05) is 6.92 Å². The highest BCUT2D eigenvalue weighted by Crippen LogP contribution is 2.66. The van der Waals surface area contributed by atoms with Crippen LogP contribution in [0.1, 0.15) is 98.7 Å². The zero-order chi connectivity index (χ0) is 24.3. The van der Waals surface area contributed by atoms with Gasteiger partial charge in [-0.2, -0.15) is 0 Å². The highest BCUT2D eigenvalue weighted by atomic mass is 16.5. The van der Waals surface area contributed by atoms with Gasteiger partial charge in [-0.15, -0.1) is 0 Å². The zero-order valence-corrected chi connectivity index (χ0v) is 19.6. The Balaban J connectivity index is 1.81. The lowest BCUT2D eigenvalue weighted by Gasteiger charge is -2.64.